The molecular weight excluding hydrogens is 146 g/mol. The highest BCUT2D eigenvalue weighted by atomic mass is 16.5. The van der Waals surface area contributed by atoms with Crippen LogP contribution in [0.1, 0.15) is 13.8 Å². The lowest BCUT2D eigenvalue weighted by atomic mass is 10.1. The minimum atomic E-state index is -0.407. The fourth-order valence-electron chi connectivity index (χ4n) is 0.416. The number of nitrogens with two attached hydrogens (primary N) is 1. The van der Waals surface area contributed by atoms with Gasteiger partial charge in [-0.1, -0.05) is 0 Å². The van der Waals surface area contributed by atoms with Gasteiger partial charge in [0, 0.05) is 13.7 Å². The van der Waals surface area contributed by atoms with Crippen molar-refractivity contribution in [2.45, 2.75) is 19.4 Å². The van der Waals surface area contributed by atoms with Gasteiger partial charge in [-0.15, -0.1) is 0 Å². The van der Waals surface area contributed by atoms with Crippen LogP contribution in [0.3, 0.4) is 0 Å². The molecule has 5 heteroatoms. The maximum atomic E-state index is 10.6. The van der Waals surface area contributed by atoms with Crippen molar-refractivity contribution in [3.63, 3.8) is 0 Å². The predicted molar refractivity (Wildman–Crippen MR) is 41.8 cm³/mol. The molecule has 0 radical (unpaired) electrons. The summed E-state index contributed by atoms with van der Waals surface area (Å²) in [5, 5.41) is 2.52. The second kappa shape index (κ2) is 4.15. The lowest BCUT2D eigenvalue weighted by Gasteiger charge is -2.22. The van der Waals surface area contributed by atoms with Gasteiger partial charge in [-0.2, -0.15) is 0 Å². The van der Waals surface area contributed by atoms with Gasteiger partial charge in [0.2, 0.25) is 0 Å². The van der Waals surface area contributed by atoms with Crippen molar-refractivity contribution in [1.29, 1.82) is 0 Å². The van der Waals surface area contributed by atoms with Crippen LogP contribution in [0, 0.1) is 0 Å². The SMILES string of the molecule is COC(C)(C)CNC(=O)NN. The van der Waals surface area contributed by atoms with Gasteiger partial charge in [-0.05, 0) is 13.8 Å². The fraction of sp³-hybridized carbons (Fsp3) is 0.833. The summed E-state index contributed by atoms with van der Waals surface area (Å²) in [6.07, 6.45) is 0. The van der Waals surface area contributed by atoms with Crippen LogP contribution in [-0.4, -0.2) is 25.3 Å². The van der Waals surface area contributed by atoms with E-state index >= 15 is 0 Å². The summed E-state index contributed by atoms with van der Waals surface area (Å²) in [5.74, 6) is 4.84. The molecule has 0 atom stereocenters. The molecule has 0 spiro atoms. The maximum Gasteiger partial charge on any atom is 0.329 e. The number of carbonyl (C=O) groups is 1. The first-order valence-electron chi connectivity index (χ1n) is 3.31. The maximum absolute atomic E-state index is 10.6. The Morgan fingerprint density at radius 1 is 1.64 bits per heavy atom. The van der Waals surface area contributed by atoms with Crippen LogP contribution >= 0.6 is 0 Å². The normalized spacial score (nSPS) is 10.9. The second-order valence-electron chi connectivity index (χ2n) is 2.79. The highest BCUT2D eigenvalue weighted by molar-refractivity contribution is 5.73. The van der Waals surface area contributed by atoms with Gasteiger partial charge in [0.05, 0.1) is 5.60 Å². The number of rotatable bonds is 3. The number of hydrogen-bond donors (Lipinski definition) is 3. The minimum Gasteiger partial charge on any atom is -0.377 e. The van der Waals surface area contributed by atoms with E-state index in [1.54, 1.807) is 7.11 Å². The minimum absolute atomic E-state index is 0.355. The Balaban J connectivity index is 3.61. The molecule has 0 aromatic carbocycles. The Kier molecular flexibility index (Phi) is 3.84. The molecule has 0 unspecified atom stereocenters. The van der Waals surface area contributed by atoms with Crippen molar-refractivity contribution in [3.8, 4) is 0 Å². The third kappa shape index (κ3) is 4.58. The molecule has 0 bridgehead atoms. The fourth-order valence-corrected chi connectivity index (χ4v) is 0.416. The first-order valence-corrected chi connectivity index (χ1v) is 3.31. The van der Waals surface area contributed by atoms with Gasteiger partial charge in [0.25, 0.3) is 0 Å². The molecule has 2 amide bonds. The van der Waals surface area contributed by atoms with Gasteiger partial charge in [0.1, 0.15) is 0 Å². The Bertz CT molecular complexity index is 136. The lowest BCUT2D eigenvalue weighted by molar-refractivity contribution is 0.0254. The first-order chi connectivity index (χ1) is 5.02. The standard InChI is InChI=1S/C6H15N3O2/c1-6(2,11-3)4-8-5(10)9-7/h4,7H2,1-3H3,(H2,8,9,10). The van der Waals surface area contributed by atoms with Crippen LogP contribution in [-0.2, 0) is 4.74 Å². The second-order valence-corrected chi connectivity index (χ2v) is 2.79. The van der Waals surface area contributed by atoms with Crippen molar-refractivity contribution in [3.05, 3.63) is 0 Å². The van der Waals surface area contributed by atoms with Crippen LogP contribution in [0.15, 0.2) is 0 Å². The van der Waals surface area contributed by atoms with E-state index in [-0.39, 0.29) is 5.60 Å². The Hall–Kier alpha value is -0.810. The summed E-state index contributed by atoms with van der Waals surface area (Å²) in [6, 6.07) is -0.407. The van der Waals surface area contributed by atoms with Gasteiger partial charge in [0.15, 0.2) is 0 Å². The topological polar surface area (TPSA) is 76.4 Å². The molecule has 0 rings (SSSR count). The molecule has 0 aromatic heterocycles. The third-order valence-electron chi connectivity index (χ3n) is 1.36. The van der Waals surface area contributed by atoms with Gasteiger partial charge in [-0.3, -0.25) is 5.43 Å². The summed E-state index contributed by atoms with van der Waals surface area (Å²) in [6.45, 7) is 4.15. The summed E-state index contributed by atoms with van der Waals surface area (Å²) < 4.78 is 5.05. The number of nitrogens with one attached hydrogen (secondary N) is 2. The van der Waals surface area contributed by atoms with Crippen molar-refractivity contribution in [2.75, 3.05) is 13.7 Å². The molecule has 11 heavy (non-hydrogen) atoms. The molecule has 5 nitrogen and oxygen atoms in total. The summed E-state index contributed by atoms with van der Waals surface area (Å²) in [4.78, 5) is 10.6. The first kappa shape index (κ1) is 10.2. The van der Waals surface area contributed by atoms with Crippen molar-refractivity contribution in [2.24, 2.45) is 5.84 Å². The van der Waals surface area contributed by atoms with E-state index in [0.29, 0.717) is 6.54 Å². The molecule has 0 saturated heterocycles. The van der Waals surface area contributed by atoms with Crippen LogP contribution in [0.4, 0.5) is 4.79 Å². The molecule has 0 aliphatic rings. The zero-order valence-electron chi connectivity index (χ0n) is 7.10. The van der Waals surface area contributed by atoms with E-state index in [2.05, 4.69) is 5.32 Å². The van der Waals surface area contributed by atoms with Crippen molar-refractivity contribution in [1.82, 2.24) is 10.7 Å². The van der Waals surface area contributed by atoms with Gasteiger partial charge < -0.3 is 10.1 Å². The van der Waals surface area contributed by atoms with Crippen LogP contribution < -0.4 is 16.6 Å². The molecule has 0 heterocycles. The highest BCUT2D eigenvalue weighted by Crippen LogP contribution is 2.03. The average Bonchev–Trinajstić information content (AvgIpc) is 2.00. The van der Waals surface area contributed by atoms with Crippen LogP contribution in [0.5, 0.6) is 0 Å². The quantitative estimate of drug-likeness (QED) is 0.299. The van der Waals surface area contributed by atoms with E-state index in [1.165, 1.54) is 0 Å². The molecule has 0 fully saturated rings. The van der Waals surface area contributed by atoms with Gasteiger partial charge >= 0.3 is 6.03 Å². The van der Waals surface area contributed by atoms with Crippen LogP contribution in [0.25, 0.3) is 0 Å². The Labute approximate surface area is 66.2 Å². The number of ether oxygens (including phenoxy) is 1. The molecule has 0 aliphatic heterocycles. The van der Waals surface area contributed by atoms with Crippen molar-refractivity contribution < 1.29 is 9.53 Å². The van der Waals surface area contributed by atoms with Crippen LogP contribution in [0.2, 0.25) is 0 Å². The zero-order valence-corrected chi connectivity index (χ0v) is 7.10. The molecule has 4 N–H and O–H groups in total. The molecule has 0 aliphatic carbocycles. The predicted octanol–water partition coefficient (Wildman–Crippen LogP) is -0.416. The van der Waals surface area contributed by atoms with Crippen molar-refractivity contribution >= 4 is 6.03 Å². The molecule has 66 valence electrons. The van der Waals surface area contributed by atoms with E-state index in [9.17, 15) is 4.79 Å². The van der Waals surface area contributed by atoms with E-state index in [1.807, 2.05) is 19.3 Å². The van der Waals surface area contributed by atoms with E-state index in [4.69, 9.17) is 10.6 Å². The third-order valence-corrected chi connectivity index (χ3v) is 1.36. The van der Waals surface area contributed by atoms with E-state index in [0.717, 1.165) is 0 Å². The number of urea groups is 1. The Morgan fingerprint density at radius 2 is 2.18 bits per heavy atom. The largest absolute Gasteiger partial charge is 0.377 e. The summed E-state index contributed by atoms with van der Waals surface area (Å²) in [7, 11) is 1.59. The number of hydrazine groups is 1. The monoisotopic (exact) mass is 161 g/mol. The number of methoxy groups -OCH3 is 1. The lowest BCUT2D eigenvalue weighted by Crippen LogP contribution is -2.46. The zero-order chi connectivity index (χ0) is 8.91. The number of hydrogen-bond acceptors (Lipinski definition) is 3. The molecule has 0 saturated carbocycles. The summed E-state index contributed by atoms with van der Waals surface area (Å²) >= 11 is 0. The Morgan fingerprint density at radius 3 is 2.55 bits per heavy atom. The van der Waals surface area contributed by atoms with E-state index < -0.39 is 6.03 Å². The van der Waals surface area contributed by atoms with Gasteiger partial charge in [-0.25, -0.2) is 10.6 Å². The molecular formula is C6H15N3O2. The smallest absolute Gasteiger partial charge is 0.329 e. The number of amides is 2. The summed E-state index contributed by atoms with van der Waals surface area (Å²) in [5.41, 5.74) is 1.60. The molecule has 0 aromatic rings. The highest BCUT2D eigenvalue weighted by Gasteiger charge is 2.16. The average molecular weight is 161 g/mol. The number of carbonyl (C=O) groups excluding carboxylic acids is 1.